The van der Waals surface area contributed by atoms with Crippen LogP contribution in [-0.2, 0) is 23.9 Å². The van der Waals surface area contributed by atoms with Crippen LogP contribution in [0.4, 0.5) is 0 Å². The zero-order valence-electron chi connectivity index (χ0n) is 14.3. The van der Waals surface area contributed by atoms with Crippen LogP contribution in [0.5, 0.6) is 5.75 Å². The lowest BCUT2D eigenvalue weighted by molar-refractivity contribution is -0.160. The largest absolute Gasteiger partial charge is 0.465 e. The lowest BCUT2D eigenvalue weighted by Crippen LogP contribution is -2.42. The van der Waals surface area contributed by atoms with Crippen molar-refractivity contribution in [3.63, 3.8) is 0 Å². The Morgan fingerprint density at radius 3 is 2.69 bits per heavy atom. The topological polar surface area (TPSA) is 78.9 Å². The van der Waals surface area contributed by atoms with Crippen molar-refractivity contribution < 1.29 is 28.6 Å². The third kappa shape index (κ3) is 2.53. The van der Waals surface area contributed by atoms with Gasteiger partial charge in [0.15, 0.2) is 5.92 Å². The molecule has 4 rings (SSSR count). The quantitative estimate of drug-likeness (QED) is 0.479. The second kappa shape index (κ2) is 6.44. The SMILES string of the molecule is CCOC(=O)[C@@H]1C(=O)Oc2ccc3ccccc3c2[C@H]1[C@@H]1CCOC1=O. The van der Waals surface area contributed by atoms with E-state index in [9.17, 15) is 14.4 Å². The van der Waals surface area contributed by atoms with Crippen molar-refractivity contribution in [1.82, 2.24) is 0 Å². The summed E-state index contributed by atoms with van der Waals surface area (Å²) in [5.74, 6) is -3.77. The first-order chi connectivity index (χ1) is 12.6. The van der Waals surface area contributed by atoms with Crippen molar-refractivity contribution in [1.29, 1.82) is 0 Å². The third-order valence-corrected chi connectivity index (χ3v) is 5.04. The fraction of sp³-hybridized carbons (Fsp3) is 0.350. The van der Waals surface area contributed by atoms with Crippen molar-refractivity contribution in [3.05, 3.63) is 42.0 Å². The molecule has 3 atom stereocenters. The zero-order valence-corrected chi connectivity index (χ0v) is 14.3. The van der Waals surface area contributed by atoms with Crippen LogP contribution in [0.2, 0.25) is 0 Å². The van der Waals surface area contributed by atoms with Gasteiger partial charge in [-0.3, -0.25) is 14.4 Å². The molecule has 2 heterocycles. The highest BCUT2D eigenvalue weighted by molar-refractivity contribution is 6.02. The van der Waals surface area contributed by atoms with Gasteiger partial charge < -0.3 is 14.2 Å². The number of cyclic esters (lactones) is 1. The summed E-state index contributed by atoms with van der Waals surface area (Å²) in [7, 11) is 0. The first-order valence-electron chi connectivity index (χ1n) is 8.68. The molecule has 1 fully saturated rings. The molecule has 1 saturated heterocycles. The van der Waals surface area contributed by atoms with Gasteiger partial charge in [0.05, 0.1) is 19.1 Å². The van der Waals surface area contributed by atoms with Crippen LogP contribution in [0.1, 0.15) is 24.8 Å². The number of carbonyl (C=O) groups is 3. The van der Waals surface area contributed by atoms with Gasteiger partial charge >= 0.3 is 17.9 Å². The summed E-state index contributed by atoms with van der Waals surface area (Å²) >= 11 is 0. The van der Waals surface area contributed by atoms with Crippen LogP contribution in [-0.4, -0.2) is 31.1 Å². The van der Waals surface area contributed by atoms with Gasteiger partial charge in [-0.15, -0.1) is 0 Å². The number of fused-ring (bicyclic) bond motifs is 3. The lowest BCUT2D eigenvalue weighted by Gasteiger charge is -2.33. The molecule has 2 aliphatic heterocycles. The molecular weight excluding hydrogens is 336 g/mol. The minimum atomic E-state index is -1.18. The Morgan fingerprint density at radius 2 is 1.96 bits per heavy atom. The Hall–Kier alpha value is -2.89. The predicted molar refractivity (Wildman–Crippen MR) is 91.5 cm³/mol. The van der Waals surface area contributed by atoms with Crippen molar-refractivity contribution in [2.45, 2.75) is 19.3 Å². The molecule has 0 amide bonds. The molecule has 0 saturated carbocycles. The Kier molecular flexibility index (Phi) is 4.11. The van der Waals surface area contributed by atoms with E-state index >= 15 is 0 Å². The Morgan fingerprint density at radius 1 is 1.15 bits per heavy atom. The average molecular weight is 354 g/mol. The fourth-order valence-electron chi connectivity index (χ4n) is 3.94. The normalized spacial score (nSPS) is 24.7. The number of rotatable bonds is 3. The maximum absolute atomic E-state index is 12.6. The molecule has 26 heavy (non-hydrogen) atoms. The van der Waals surface area contributed by atoms with Crippen molar-refractivity contribution in [3.8, 4) is 5.75 Å². The van der Waals surface area contributed by atoms with Crippen LogP contribution in [0.3, 0.4) is 0 Å². The minimum absolute atomic E-state index is 0.146. The molecule has 6 nitrogen and oxygen atoms in total. The van der Waals surface area contributed by atoms with Gasteiger partial charge in [-0.1, -0.05) is 30.3 Å². The Bertz CT molecular complexity index is 902. The molecule has 6 heteroatoms. The maximum Gasteiger partial charge on any atom is 0.326 e. The standard InChI is InChI=1S/C20H18O6/c1-2-24-19(22)17-16(13-9-10-25-18(13)21)15-12-6-4-3-5-11(12)7-8-14(15)26-20(17)23/h3-8,13,16-17H,2,9-10H2,1H3/t13-,16+,17+/m0/s1. The van der Waals surface area contributed by atoms with Gasteiger partial charge in [0, 0.05) is 11.5 Å². The highest BCUT2D eigenvalue weighted by atomic mass is 16.6. The first-order valence-corrected chi connectivity index (χ1v) is 8.68. The highest BCUT2D eigenvalue weighted by Gasteiger charge is 2.51. The predicted octanol–water partition coefficient (Wildman–Crippen LogP) is 2.58. The number of hydrogen-bond acceptors (Lipinski definition) is 6. The molecule has 134 valence electrons. The summed E-state index contributed by atoms with van der Waals surface area (Å²) < 4.78 is 15.7. The van der Waals surface area contributed by atoms with Crippen molar-refractivity contribution >= 4 is 28.7 Å². The Balaban J connectivity index is 1.94. The molecular formula is C20H18O6. The third-order valence-electron chi connectivity index (χ3n) is 5.04. The molecule has 0 aliphatic carbocycles. The van der Waals surface area contributed by atoms with E-state index < -0.39 is 35.7 Å². The monoisotopic (exact) mass is 354 g/mol. The average Bonchev–Trinajstić information content (AvgIpc) is 3.06. The molecule has 2 aromatic carbocycles. The summed E-state index contributed by atoms with van der Waals surface area (Å²) in [5.41, 5.74) is 0.699. The van der Waals surface area contributed by atoms with E-state index in [4.69, 9.17) is 14.2 Å². The molecule has 0 N–H and O–H groups in total. The van der Waals surface area contributed by atoms with Crippen molar-refractivity contribution in [2.24, 2.45) is 11.8 Å². The van der Waals surface area contributed by atoms with E-state index in [0.29, 0.717) is 17.7 Å². The zero-order chi connectivity index (χ0) is 18.3. The second-order valence-electron chi connectivity index (χ2n) is 6.44. The maximum atomic E-state index is 12.6. The van der Waals surface area contributed by atoms with E-state index in [-0.39, 0.29) is 13.2 Å². The number of hydrogen-bond donors (Lipinski definition) is 0. The highest BCUT2D eigenvalue weighted by Crippen LogP contribution is 2.48. The van der Waals surface area contributed by atoms with Gasteiger partial charge in [-0.2, -0.15) is 0 Å². The molecule has 0 unspecified atom stereocenters. The van der Waals surface area contributed by atoms with E-state index in [2.05, 4.69) is 0 Å². The second-order valence-corrected chi connectivity index (χ2v) is 6.44. The minimum Gasteiger partial charge on any atom is -0.465 e. The van der Waals surface area contributed by atoms with Gasteiger partial charge in [0.1, 0.15) is 5.75 Å². The van der Waals surface area contributed by atoms with E-state index in [1.54, 1.807) is 13.0 Å². The molecule has 2 aliphatic rings. The molecule has 0 radical (unpaired) electrons. The van der Waals surface area contributed by atoms with Gasteiger partial charge in [0.25, 0.3) is 0 Å². The molecule has 2 aromatic rings. The van der Waals surface area contributed by atoms with E-state index in [0.717, 1.165) is 10.8 Å². The lowest BCUT2D eigenvalue weighted by atomic mass is 9.73. The fourth-order valence-corrected chi connectivity index (χ4v) is 3.94. The molecule has 0 aromatic heterocycles. The Labute approximate surface area is 150 Å². The smallest absolute Gasteiger partial charge is 0.326 e. The summed E-state index contributed by atoms with van der Waals surface area (Å²) in [6, 6.07) is 11.2. The molecule has 0 spiro atoms. The van der Waals surface area contributed by atoms with Crippen LogP contribution >= 0.6 is 0 Å². The van der Waals surface area contributed by atoms with Gasteiger partial charge in [-0.25, -0.2) is 0 Å². The van der Waals surface area contributed by atoms with Crippen molar-refractivity contribution in [2.75, 3.05) is 13.2 Å². The van der Waals surface area contributed by atoms with Crippen LogP contribution in [0.15, 0.2) is 36.4 Å². The van der Waals surface area contributed by atoms with Crippen LogP contribution in [0.25, 0.3) is 10.8 Å². The number of esters is 3. The first kappa shape index (κ1) is 16.6. The summed E-state index contributed by atoms with van der Waals surface area (Å²) in [5, 5.41) is 1.81. The van der Waals surface area contributed by atoms with Crippen LogP contribution in [0, 0.1) is 11.8 Å². The summed E-state index contributed by atoms with van der Waals surface area (Å²) in [6.45, 7) is 2.10. The number of ether oxygens (including phenoxy) is 3. The summed E-state index contributed by atoms with van der Waals surface area (Å²) in [4.78, 5) is 37.5. The van der Waals surface area contributed by atoms with E-state index in [1.807, 2.05) is 30.3 Å². The number of carbonyl (C=O) groups excluding carboxylic acids is 3. The van der Waals surface area contributed by atoms with Gasteiger partial charge in [0.2, 0.25) is 0 Å². The van der Waals surface area contributed by atoms with E-state index in [1.165, 1.54) is 0 Å². The summed E-state index contributed by atoms with van der Waals surface area (Å²) in [6.07, 6.45) is 0.454. The van der Waals surface area contributed by atoms with Gasteiger partial charge in [-0.05, 0) is 30.2 Å². The molecule has 0 bridgehead atoms. The number of benzene rings is 2. The van der Waals surface area contributed by atoms with Crippen LogP contribution < -0.4 is 4.74 Å².